The molecule has 7 nitrogen and oxygen atoms in total. The van der Waals surface area contributed by atoms with Gasteiger partial charge in [0.2, 0.25) is 10.0 Å². The quantitative estimate of drug-likeness (QED) is 0.726. The van der Waals surface area contributed by atoms with Crippen LogP contribution in [0.25, 0.3) is 0 Å². The number of hydrogen-bond acceptors (Lipinski definition) is 6. The van der Waals surface area contributed by atoms with Gasteiger partial charge >= 0.3 is 0 Å². The zero-order chi connectivity index (χ0) is 22.6. The number of aliphatic hydroxyl groups is 1. The first-order valence-electron chi connectivity index (χ1n) is 10.2. The van der Waals surface area contributed by atoms with Crippen molar-refractivity contribution in [2.45, 2.75) is 30.9 Å². The summed E-state index contributed by atoms with van der Waals surface area (Å²) < 4.78 is 34.5. The standard InChI is InChI=1S/C23H29N3O4S/c1-17-14-26(18(2)16-27)31(28,29)23-8-7-20(6-5-19-9-11-24-12-10-19)13-21(23)30-22(17)15-25(3)4/h7-13,17-18,22,27H,14-16H2,1-4H3/t17-,18+,22+/m0/s1. The second-order valence-corrected chi connectivity index (χ2v) is 10.0. The highest BCUT2D eigenvalue weighted by Gasteiger charge is 2.37. The normalized spacial score (nSPS) is 21.7. The predicted molar refractivity (Wildman–Crippen MR) is 119 cm³/mol. The fraction of sp³-hybridized carbons (Fsp3) is 0.435. The molecule has 0 saturated heterocycles. The molecule has 0 saturated carbocycles. The molecule has 3 rings (SSSR count). The molecule has 0 amide bonds. The third-order valence-corrected chi connectivity index (χ3v) is 7.26. The number of fused-ring (bicyclic) bond motifs is 1. The van der Waals surface area contributed by atoms with Gasteiger partial charge < -0.3 is 14.7 Å². The monoisotopic (exact) mass is 443 g/mol. The molecular weight excluding hydrogens is 414 g/mol. The molecule has 166 valence electrons. The molecule has 2 heterocycles. The van der Waals surface area contributed by atoms with Crippen LogP contribution in [-0.2, 0) is 10.0 Å². The first kappa shape index (κ1) is 23.2. The average Bonchev–Trinajstić information content (AvgIpc) is 2.74. The largest absolute Gasteiger partial charge is 0.487 e. The van der Waals surface area contributed by atoms with Gasteiger partial charge in [-0.3, -0.25) is 4.98 Å². The van der Waals surface area contributed by atoms with Gasteiger partial charge in [-0.25, -0.2) is 8.42 Å². The predicted octanol–water partition coefficient (Wildman–Crippen LogP) is 1.81. The molecule has 0 radical (unpaired) electrons. The smallest absolute Gasteiger partial charge is 0.247 e. The summed E-state index contributed by atoms with van der Waals surface area (Å²) in [5.41, 5.74) is 1.47. The molecule has 1 N–H and O–H groups in total. The third-order valence-electron chi connectivity index (χ3n) is 5.24. The molecule has 1 aromatic heterocycles. The molecule has 2 aromatic rings. The highest BCUT2D eigenvalue weighted by molar-refractivity contribution is 7.89. The number of aromatic nitrogens is 1. The molecule has 0 spiro atoms. The van der Waals surface area contributed by atoms with Gasteiger partial charge in [-0.15, -0.1) is 0 Å². The van der Waals surface area contributed by atoms with E-state index in [1.807, 2.05) is 38.1 Å². The van der Waals surface area contributed by atoms with Crippen molar-refractivity contribution in [3.05, 3.63) is 53.9 Å². The Kier molecular flexibility index (Phi) is 7.34. The molecule has 0 unspecified atom stereocenters. The number of rotatable bonds is 4. The molecular formula is C23H29N3O4S. The van der Waals surface area contributed by atoms with E-state index in [9.17, 15) is 13.5 Å². The topological polar surface area (TPSA) is 83.0 Å². The highest BCUT2D eigenvalue weighted by Crippen LogP contribution is 2.34. The van der Waals surface area contributed by atoms with E-state index in [4.69, 9.17) is 4.74 Å². The summed E-state index contributed by atoms with van der Waals surface area (Å²) in [6.07, 6.45) is 3.12. The molecule has 1 aliphatic heterocycles. The Morgan fingerprint density at radius 1 is 1.23 bits per heavy atom. The Balaban J connectivity index is 2.08. The van der Waals surface area contributed by atoms with Crippen LogP contribution in [0.4, 0.5) is 0 Å². The van der Waals surface area contributed by atoms with E-state index in [0.717, 1.165) is 5.56 Å². The van der Waals surface area contributed by atoms with Crippen molar-refractivity contribution in [1.82, 2.24) is 14.2 Å². The number of benzene rings is 1. The molecule has 0 bridgehead atoms. The van der Waals surface area contributed by atoms with E-state index >= 15 is 0 Å². The van der Waals surface area contributed by atoms with Crippen LogP contribution in [0.1, 0.15) is 25.0 Å². The second-order valence-electron chi connectivity index (χ2n) is 8.15. The van der Waals surface area contributed by atoms with Crippen LogP contribution in [0.15, 0.2) is 47.6 Å². The summed E-state index contributed by atoms with van der Waals surface area (Å²) in [7, 11) is 0.0668. The Morgan fingerprint density at radius 3 is 2.55 bits per heavy atom. The first-order chi connectivity index (χ1) is 14.7. The van der Waals surface area contributed by atoms with Gasteiger partial charge in [0.25, 0.3) is 0 Å². The minimum atomic E-state index is -3.84. The van der Waals surface area contributed by atoms with Crippen LogP contribution in [0.3, 0.4) is 0 Å². The van der Waals surface area contributed by atoms with Crippen molar-refractivity contribution in [2.75, 3.05) is 33.8 Å². The molecule has 0 aliphatic carbocycles. The number of pyridine rings is 1. The number of hydrogen-bond donors (Lipinski definition) is 1. The zero-order valence-electron chi connectivity index (χ0n) is 18.3. The SMILES string of the molecule is C[C@H](CO)N1C[C@H](C)[C@@H](CN(C)C)Oc2cc(C#Cc3ccncc3)ccc2S1(=O)=O. The van der Waals surface area contributed by atoms with Gasteiger partial charge in [0.15, 0.2) is 0 Å². The van der Waals surface area contributed by atoms with E-state index in [-0.39, 0.29) is 35.8 Å². The minimum absolute atomic E-state index is 0.0779. The maximum Gasteiger partial charge on any atom is 0.247 e. The minimum Gasteiger partial charge on any atom is -0.487 e. The summed E-state index contributed by atoms with van der Waals surface area (Å²) in [6.45, 7) is 4.33. The molecule has 1 aliphatic rings. The third kappa shape index (κ3) is 5.43. The maximum atomic E-state index is 13.4. The lowest BCUT2D eigenvalue weighted by molar-refractivity contribution is 0.0812. The van der Waals surface area contributed by atoms with Gasteiger partial charge in [-0.2, -0.15) is 4.31 Å². The van der Waals surface area contributed by atoms with Crippen molar-refractivity contribution < 1.29 is 18.3 Å². The van der Waals surface area contributed by atoms with Gasteiger partial charge in [0, 0.05) is 48.6 Å². The van der Waals surface area contributed by atoms with Gasteiger partial charge in [-0.1, -0.05) is 18.8 Å². The fourth-order valence-electron chi connectivity index (χ4n) is 3.46. The van der Waals surface area contributed by atoms with Gasteiger partial charge in [0.1, 0.15) is 16.7 Å². The van der Waals surface area contributed by atoms with Crippen molar-refractivity contribution >= 4 is 10.0 Å². The van der Waals surface area contributed by atoms with Crippen LogP contribution in [0.2, 0.25) is 0 Å². The van der Waals surface area contributed by atoms with Crippen LogP contribution in [-0.4, -0.2) is 73.7 Å². The van der Waals surface area contributed by atoms with Crippen molar-refractivity contribution in [3.63, 3.8) is 0 Å². The van der Waals surface area contributed by atoms with Crippen molar-refractivity contribution in [1.29, 1.82) is 0 Å². The highest BCUT2D eigenvalue weighted by atomic mass is 32.2. The summed E-state index contributed by atoms with van der Waals surface area (Å²) in [4.78, 5) is 6.09. The summed E-state index contributed by atoms with van der Waals surface area (Å²) >= 11 is 0. The van der Waals surface area contributed by atoms with E-state index in [0.29, 0.717) is 12.1 Å². The number of ether oxygens (including phenoxy) is 1. The molecule has 0 fully saturated rings. The van der Waals surface area contributed by atoms with Crippen LogP contribution in [0.5, 0.6) is 5.75 Å². The van der Waals surface area contributed by atoms with Gasteiger partial charge in [0.05, 0.1) is 6.61 Å². The first-order valence-corrected chi connectivity index (χ1v) is 11.7. The Morgan fingerprint density at radius 2 is 1.90 bits per heavy atom. The number of likely N-dealkylation sites (N-methyl/N-ethyl adjacent to an activating group) is 1. The van der Waals surface area contributed by atoms with Crippen molar-refractivity contribution in [3.8, 4) is 17.6 Å². The summed E-state index contributed by atoms with van der Waals surface area (Å²) in [5, 5.41) is 9.68. The van der Waals surface area contributed by atoms with Gasteiger partial charge in [-0.05, 0) is 51.4 Å². The number of nitrogens with zero attached hydrogens (tertiary/aromatic N) is 3. The second kappa shape index (κ2) is 9.79. The Bertz CT molecular complexity index is 1060. The molecule has 31 heavy (non-hydrogen) atoms. The van der Waals surface area contributed by atoms with E-state index in [1.54, 1.807) is 37.5 Å². The lowest BCUT2D eigenvalue weighted by atomic mass is 10.0. The maximum absolute atomic E-state index is 13.4. The van der Waals surface area contributed by atoms with E-state index < -0.39 is 16.1 Å². The lowest BCUT2D eigenvalue weighted by Crippen LogP contribution is -2.49. The molecule has 3 atom stereocenters. The average molecular weight is 444 g/mol. The van der Waals surface area contributed by atoms with Crippen LogP contribution in [0, 0.1) is 17.8 Å². The van der Waals surface area contributed by atoms with Crippen LogP contribution < -0.4 is 4.74 Å². The van der Waals surface area contributed by atoms with Crippen molar-refractivity contribution in [2.24, 2.45) is 5.92 Å². The summed E-state index contributed by atoms with van der Waals surface area (Å²) in [5.74, 6) is 6.34. The number of aliphatic hydroxyl groups excluding tert-OH is 1. The van der Waals surface area contributed by atoms with Crippen LogP contribution >= 0.6 is 0 Å². The molecule has 1 aromatic carbocycles. The van der Waals surface area contributed by atoms with E-state index in [1.165, 1.54) is 4.31 Å². The Hall–Kier alpha value is -2.44. The lowest BCUT2D eigenvalue weighted by Gasteiger charge is -2.37. The summed E-state index contributed by atoms with van der Waals surface area (Å²) in [6, 6.07) is 7.99. The van der Waals surface area contributed by atoms with E-state index in [2.05, 4.69) is 16.8 Å². The fourth-order valence-corrected chi connectivity index (χ4v) is 5.29. The number of sulfonamides is 1. The molecule has 8 heteroatoms. The Labute approximate surface area is 184 Å². The zero-order valence-corrected chi connectivity index (χ0v) is 19.1.